The Hall–Kier alpha value is 0.830. The number of unbranched alkanes of at least 4 members (excludes halogenated alkanes) is 6. The average Bonchev–Trinajstić information content (AvgIpc) is 2.30. The molecule has 0 heterocycles. The first-order valence-electron chi connectivity index (χ1n) is 7.64. The summed E-state index contributed by atoms with van der Waals surface area (Å²) in [5.41, 5.74) is 0. The minimum absolute atomic E-state index is 0.443. The summed E-state index contributed by atoms with van der Waals surface area (Å²) in [4.78, 5) is 0. The lowest BCUT2D eigenvalue weighted by Crippen LogP contribution is -2.08. The van der Waals surface area contributed by atoms with Gasteiger partial charge in [-0.3, -0.25) is 0 Å². The molecule has 106 valence electrons. The topological polar surface area (TPSA) is 0 Å². The zero-order valence-corrected chi connectivity index (χ0v) is 14.7. The second kappa shape index (κ2) is 11.9. The largest absolute Gasteiger partial charge is 0.183 e. The van der Waals surface area contributed by atoms with E-state index in [0.717, 1.165) is 0 Å². The predicted octanol–water partition coefficient (Wildman–Crippen LogP) is 6.67. The lowest BCUT2D eigenvalue weighted by molar-refractivity contribution is 0.753. The Kier molecular flexibility index (Phi) is 12.5. The van der Waals surface area contributed by atoms with Crippen LogP contribution < -0.4 is 0 Å². The number of hydrogen-bond acceptors (Lipinski definition) is 0. The van der Waals surface area contributed by atoms with Gasteiger partial charge in [0.05, 0.1) is 0 Å². The molecule has 0 aromatic heterocycles. The fourth-order valence-corrected chi connectivity index (χ4v) is 6.98. The third-order valence-electron chi connectivity index (χ3n) is 3.34. The van der Waals surface area contributed by atoms with Crippen molar-refractivity contribution in [1.29, 1.82) is 0 Å². The van der Waals surface area contributed by atoms with Gasteiger partial charge in [-0.1, -0.05) is 59.3 Å². The van der Waals surface area contributed by atoms with Gasteiger partial charge < -0.3 is 0 Å². The second-order valence-corrected chi connectivity index (χ2v) is 12.4. The quantitative estimate of drug-likeness (QED) is 0.351. The third-order valence-corrected chi connectivity index (χ3v) is 9.32. The van der Waals surface area contributed by atoms with Crippen LogP contribution in [0.25, 0.3) is 0 Å². The van der Waals surface area contributed by atoms with E-state index in [1.165, 1.54) is 75.0 Å². The predicted molar refractivity (Wildman–Crippen MR) is 89.7 cm³/mol. The van der Waals surface area contributed by atoms with Crippen molar-refractivity contribution < 1.29 is 0 Å². The summed E-state index contributed by atoms with van der Waals surface area (Å²) in [6.45, 7) is 6.91. The van der Waals surface area contributed by atoms with Crippen molar-refractivity contribution in [2.24, 2.45) is 0 Å². The van der Waals surface area contributed by atoms with Gasteiger partial charge in [-0.15, -0.1) is 0 Å². The Bertz CT molecular complexity index is 132. The summed E-state index contributed by atoms with van der Waals surface area (Å²) >= 11 is 4.16. The maximum Gasteiger partial charge on any atom is -0.0136 e. The molecule has 17 heavy (non-hydrogen) atoms. The van der Waals surface area contributed by atoms with E-state index >= 15 is 0 Å². The van der Waals surface area contributed by atoms with Gasteiger partial charge in [-0.2, -0.15) is 8.46 Å². The third kappa shape index (κ3) is 10.4. The molecule has 0 nitrogen and oxygen atoms in total. The van der Waals surface area contributed by atoms with Crippen molar-refractivity contribution in [3.05, 3.63) is 0 Å². The Morgan fingerprint density at radius 1 is 0.588 bits per heavy atom. The van der Waals surface area contributed by atoms with Crippen molar-refractivity contribution in [2.45, 2.75) is 78.6 Å². The van der Waals surface area contributed by atoms with Crippen LogP contribution in [0, 0.1) is 0 Å². The summed E-state index contributed by atoms with van der Waals surface area (Å²) in [5, 5.41) is 0. The van der Waals surface area contributed by atoms with Crippen LogP contribution in [0.15, 0.2) is 0 Å². The van der Waals surface area contributed by atoms with Gasteiger partial charge in [-0.05, 0) is 51.3 Å². The Morgan fingerprint density at radius 3 is 1.12 bits per heavy atom. The standard InChI is InChI=1S/C15H33BrS/c1-4-7-10-13-17(16,14-11-8-5-2)15-12-9-6-3/h4-15H2,1-3H3. The fraction of sp³-hybridized carbons (Fsp3) is 1.00. The number of hydrogen-bond donors (Lipinski definition) is 0. The molecule has 0 aromatic rings. The average molecular weight is 325 g/mol. The van der Waals surface area contributed by atoms with Crippen LogP contribution in [0.5, 0.6) is 0 Å². The van der Waals surface area contributed by atoms with E-state index in [0.29, 0.717) is 0 Å². The van der Waals surface area contributed by atoms with E-state index in [2.05, 4.69) is 35.6 Å². The lowest BCUT2D eigenvalue weighted by atomic mass is 10.3. The van der Waals surface area contributed by atoms with Gasteiger partial charge in [0.25, 0.3) is 0 Å². The molecule has 0 fully saturated rings. The normalized spacial score (nSPS) is 12.9. The number of rotatable bonds is 12. The maximum absolute atomic E-state index is 4.16. The highest BCUT2D eigenvalue weighted by Gasteiger charge is 2.18. The first-order valence-corrected chi connectivity index (χ1v) is 11.6. The van der Waals surface area contributed by atoms with Crippen LogP contribution >= 0.6 is 23.3 Å². The van der Waals surface area contributed by atoms with Gasteiger partial charge in [0.15, 0.2) is 0 Å². The van der Waals surface area contributed by atoms with Gasteiger partial charge >= 0.3 is 0 Å². The summed E-state index contributed by atoms with van der Waals surface area (Å²) in [5.74, 6) is 4.40. The monoisotopic (exact) mass is 324 g/mol. The van der Waals surface area contributed by atoms with Crippen LogP contribution in [0.4, 0.5) is 0 Å². The summed E-state index contributed by atoms with van der Waals surface area (Å²) in [6, 6.07) is 0. The van der Waals surface area contributed by atoms with Crippen molar-refractivity contribution in [1.82, 2.24) is 0 Å². The molecule has 0 aliphatic rings. The summed E-state index contributed by atoms with van der Waals surface area (Å²) in [7, 11) is -0.443. The lowest BCUT2D eigenvalue weighted by Gasteiger charge is -2.34. The van der Waals surface area contributed by atoms with E-state index in [1.807, 2.05) is 0 Å². The van der Waals surface area contributed by atoms with Crippen LogP contribution in [0.2, 0.25) is 0 Å². The Morgan fingerprint density at radius 2 is 0.882 bits per heavy atom. The molecule has 0 radical (unpaired) electrons. The Labute approximate surface area is 119 Å². The molecule has 0 aliphatic heterocycles. The van der Waals surface area contributed by atoms with Crippen molar-refractivity contribution >= 4 is 23.3 Å². The van der Waals surface area contributed by atoms with Crippen molar-refractivity contribution in [2.75, 3.05) is 17.3 Å². The molecule has 0 aliphatic carbocycles. The van der Waals surface area contributed by atoms with E-state index < -0.39 is 8.46 Å². The van der Waals surface area contributed by atoms with Crippen LogP contribution in [0.3, 0.4) is 0 Å². The zero-order valence-electron chi connectivity index (χ0n) is 12.3. The fourth-order valence-electron chi connectivity index (χ4n) is 2.14. The van der Waals surface area contributed by atoms with E-state index in [4.69, 9.17) is 0 Å². The minimum atomic E-state index is -0.443. The van der Waals surface area contributed by atoms with E-state index in [-0.39, 0.29) is 0 Å². The molecule has 0 amide bonds. The zero-order chi connectivity index (χ0) is 13.0. The highest BCUT2D eigenvalue weighted by atomic mass is 79.9. The Balaban J connectivity index is 3.95. The summed E-state index contributed by atoms with van der Waals surface area (Å²) in [6.07, 6.45) is 12.6. The van der Waals surface area contributed by atoms with Gasteiger partial charge in [-0.25, -0.2) is 0 Å². The van der Waals surface area contributed by atoms with Crippen molar-refractivity contribution in [3.63, 3.8) is 0 Å². The first-order chi connectivity index (χ1) is 8.18. The molecule has 0 bridgehead atoms. The smallest absolute Gasteiger partial charge is 0.0136 e. The van der Waals surface area contributed by atoms with Gasteiger partial charge in [0, 0.05) is 0 Å². The first kappa shape index (κ1) is 17.8. The van der Waals surface area contributed by atoms with Crippen LogP contribution in [0.1, 0.15) is 78.6 Å². The van der Waals surface area contributed by atoms with Gasteiger partial charge in [0.2, 0.25) is 0 Å². The highest BCUT2D eigenvalue weighted by molar-refractivity contribution is 9.58. The molecule has 0 spiro atoms. The van der Waals surface area contributed by atoms with E-state index in [9.17, 15) is 0 Å². The number of halogens is 1. The van der Waals surface area contributed by atoms with Crippen LogP contribution in [-0.2, 0) is 0 Å². The molecule has 0 unspecified atom stereocenters. The van der Waals surface area contributed by atoms with E-state index in [1.54, 1.807) is 0 Å². The summed E-state index contributed by atoms with van der Waals surface area (Å²) < 4.78 is 0. The van der Waals surface area contributed by atoms with Crippen molar-refractivity contribution in [3.8, 4) is 0 Å². The molecular weight excluding hydrogens is 292 g/mol. The molecule has 0 saturated heterocycles. The minimum Gasteiger partial charge on any atom is -0.183 e. The molecular formula is C15H33BrS. The molecule has 2 heteroatoms. The molecule has 0 aromatic carbocycles. The SMILES string of the molecule is CCCCCS(Br)(CCCCC)CCCCC. The molecule has 0 atom stereocenters. The molecule has 0 rings (SSSR count). The maximum atomic E-state index is 4.16. The molecule has 0 N–H and O–H groups in total. The molecule has 0 saturated carbocycles. The second-order valence-electron chi connectivity index (χ2n) is 5.17. The highest BCUT2D eigenvalue weighted by Crippen LogP contribution is 2.57. The van der Waals surface area contributed by atoms with Gasteiger partial charge in [0.1, 0.15) is 0 Å². The van der Waals surface area contributed by atoms with Crippen LogP contribution in [-0.4, -0.2) is 17.3 Å².